The first kappa shape index (κ1) is 53.7. The van der Waals surface area contributed by atoms with Crippen LogP contribution in [0.4, 0.5) is 34.1 Å². The molecule has 1 aliphatic carbocycles. The Morgan fingerprint density at radius 2 is 0.542 bits per heavy atom. The maximum Gasteiger partial charge on any atom is 0.0541 e. The summed E-state index contributed by atoms with van der Waals surface area (Å²) in [5.74, 6) is 0. The fourth-order valence-corrected chi connectivity index (χ4v) is 13.0. The van der Waals surface area contributed by atoms with Gasteiger partial charge in [-0.1, -0.05) is 170 Å². The lowest BCUT2D eigenvalue weighted by Crippen LogP contribution is -2.17. The van der Waals surface area contributed by atoms with Crippen molar-refractivity contribution in [1.29, 1.82) is 0 Å². The van der Waals surface area contributed by atoms with Crippen LogP contribution in [0.5, 0.6) is 0 Å². The van der Waals surface area contributed by atoms with E-state index in [0.717, 1.165) is 45.5 Å². The number of aromatic nitrogens is 2. The van der Waals surface area contributed by atoms with Gasteiger partial charge >= 0.3 is 0 Å². The van der Waals surface area contributed by atoms with Crippen LogP contribution >= 0.6 is 0 Å². The van der Waals surface area contributed by atoms with Crippen LogP contribution in [0.15, 0.2) is 218 Å². The molecule has 13 rings (SSSR count). The second-order valence-electron chi connectivity index (χ2n) is 28.1. The molecule has 1 aliphatic rings. The summed E-state index contributed by atoms with van der Waals surface area (Å²) >= 11 is 0. The molecular formula is C79H78N4. The molecule has 83 heavy (non-hydrogen) atoms. The molecule has 0 saturated carbocycles. The number of benzene rings is 10. The van der Waals surface area contributed by atoms with Crippen molar-refractivity contribution in [1.82, 2.24) is 9.13 Å². The SMILES string of the molecule is CC(C)(C)c1ccc2c(c1)c1cc(C(C)(C)C)ccc1n2-c1ccc(N(c2ccccc2)c2ccc3c(c2)C(C)(C)c2cc(N(c4ccccc4)c4ccc(-n5c6ccc(C(C)(C)C)cc6c6cc(C(C)(C)C)ccc65)cc4)ccc2-3)cc1. The molecule has 0 N–H and O–H groups in total. The Hall–Kier alpha value is -8.60. The average molecular weight is 1080 g/mol. The first-order chi connectivity index (χ1) is 39.4. The van der Waals surface area contributed by atoms with Crippen LogP contribution in [-0.2, 0) is 27.1 Å². The first-order valence-electron chi connectivity index (χ1n) is 29.8. The molecule has 2 aromatic heterocycles. The molecule has 0 radical (unpaired) electrons. The minimum absolute atomic E-state index is 0.0372. The fraction of sp³-hybridized carbons (Fsp3) is 0.241. The third-order valence-corrected chi connectivity index (χ3v) is 17.9. The summed E-state index contributed by atoms with van der Waals surface area (Å²) in [5.41, 5.74) is 24.3. The summed E-state index contributed by atoms with van der Waals surface area (Å²) in [5, 5.41) is 5.18. The molecule has 414 valence electrons. The molecule has 0 bridgehead atoms. The Balaban J connectivity index is 0.862. The Morgan fingerprint density at radius 1 is 0.277 bits per heavy atom. The van der Waals surface area contributed by atoms with Crippen molar-refractivity contribution in [2.45, 2.75) is 124 Å². The van der Waals surface area contributed by atoms with Gasteiger partial charge in [-0.2, -0.15) is 0 Å². The monoisotopic (exact) mass is 1080 g/mol. The van der Waals surface area contributed by atoms with Crippen LogP contribution in [0.25, 0.3) is 66.1 Å². The summed E-state index contributed by atoms with van der Waals surface area (Å²) in [4.78, 5) is 4.83. The molecule has 2 heterocycles. The smallest absolute Gasteiger partial charge is 0.0541 e. The molecule has 10 aromatic carbocycles. The van der Waals surface area contributed by atoms with Crippen molar-refractivity contribution in [3.63, 3.8) is 0 Å². The largest absolute Gasteiger partial charge is 0.310 e. The summed E-state index contributed by atoms with van der Waals surface area (Å²) in [6.45, 7) is 32.5. The van der Waals surface area contributed by atoms with Crippen molar-refractivity contribution in [2.75, 3.05) is 9.80 Å². The molecule has 0 amide bonds. The van der Waals surface area contributed by atoms with Gasteiger partial charge in [0.25, 0.3) is 0 Å². The van der Waals surface area contributed by atoms with Crippen LogP contribution in [0.3, 0.4) is 0 Å². The summed E-state index contributed by atoms with van der Waals surface area (Å²) < 4.78 is 4.91. The topological polar surface area (TPSA) is 16.3 Å². The van der Waals surface area contributed by atoms with E-state index >= 15 is 0 Å². The van der Waals surface area contributed by atoms with Crippen molar-refractivity contribution in [3.05, 3.63) is 252 Å². The van der Waals surface area contributed by atoms with Gasteiger partial charge in [0.15, 0.2) is 0 Å². The van der Waals surface area contributed by atoms with Crippen LogP contribution in [-0.4, -0.2) is 9.13 Å². The number of nitrogens with zero attached hydrogens (tertiary/aromatic N) is 4. The van der Waals surface area contributed by atoms with E-state index in [4.69, 9.17) is 0 Å². The van der Waals surface area contributed by atoms with Crippen LogP contribution in [0, 0.1) is 0 Å². The van der Waals surface area contributed by atoms with Crippen molar-refractivity contribution in [3.8, 4) is 22.5 Å². The van der Waals surface area contributed by atoms with Crippen LogP contribution in [0.1, 0.15) is 130 Å². The zero-order valence-corrected chi connectivity index (χ0v) is 51.1. The van der Waals surface area contributed by atoms with E-state index < -0.39 is 0 Å². The number of hydrogen-bond acceptors (Lipinski definition) is 2. The standard InChI is InChI=1S/C79H78N4/c1-75(2,3)51-25-41-71-65(45-51)66-46-52(76(4,5)6)26-42-72(66)82(71)59-33-29-57(30-34-59)80(55-21-17-15-18-22-55)61-37-39-63-64-40-38-62(50-70(64)79(13,14)69(63)49-61)81(56-23-19-16-20-24-56)58-31-35-60(36-32-58)83-73-43-27-53(77(7,8)9)47-67(73)68-48-54(78(10,11)12)28-44-74(68)83/h15-50H,1-14H3. The maximum atomic E-state index is 2.45. The van der Waals surface area contributed by atoms with Crippen LogP contribution < -0.4 is 9.80 Å². The van der Waals surface area contributed by atoms with Gasteiger partial charge in [-0.3, -0.25) is 0 Å². The van der Waals surface area contributed by atoms with Crippen molar-refractivity contribution >= 4 is 77.7 Å². The van der Waals surface area contributed by atoms with Gasteiger partial charge in [0.1, 0.15) is 0 Å². The van der Waals surface area contributed by atoms with Gasteiger partial charge in [-0.25, -0.2) is 0 Å². The van der Waals surface area contributed by atoms with Crippen molar-refractivity contribution in [2.24, 2.45) is 0 Å². The zero-order chi connectivity index (χ0) is 58.1. The first-order valence-corrected chi connectivity index (χ1v) is 29.8. The third-order valence-electron chi connectivity index (χ3n) is 17.9. The highest BCUT2D eigenvalue weighted by Crippen LogP contribution is 2.53. The molecule has 12 aromatic rings. The summed E-state index contributed by atoms with van der Waals surface area (Å²) in [7, 11) is 0. The normalized spacial score (nSPS) is 13.5. The lowest BCUT2D eigenvalue weighted by molar-refractivity contribution is 0.590. The van der Waals surface area contributed by atoms with Crippen molar-refractivity contribution < 1.29 is 0 Å². The predicted octanol–water partition coefficient (Wildman–Crippen LogP) is 22.3. The minimum Gasteiger partial charge on any atom is -0.310 e. The Morgan fingerprint density at radius 3 is 0.819 bits per heavy atom. The Labute approximate surface area is 492 Å². The molecule has 0 spiro atoms. The van der Waals surface area contributed by atoms with E-state index in [-0.39, 0.29) is 27.1 Å². The number of rotatable bonds is 8. The predicted molar refractivity (Wildman–Crippen MR) is 357 cm³/mol. The fourth-order valence-electron chi connectivity index (χ4n) is 13.0. The number of fused-ring (bicyclic) bond motifs is 9. The molecule has 4 nitrogen and oxygen atoms in total. The van der Waals surface area contributed by atoms with E-state index in [9.17, 15) is 0 Å². The molecule has 0 saturated heterocycles. The molecule has 0 aliphatic heterocycles. The summed E-state index contributed by atoms with van der Waals surface area (Å²) in [6, 6.07) is 82.6. The molecule has 0 unspecified atom stereocenters. The Kier molecular flexibility index (Phi) is 12.4. The summed E-state index contributed by atoms with van der Waals surface area (Å²) in [6.07, 6.45) is 0. The average Bonchev–Trinajstić information content (AvgIpc) is 2.24. The highest BCUT2D eigenvalue weighted by molar-refractivity contribution is 6.11. The van der Waals surface area contributed by atoms with E-state index in [1.54, 1.807) is 0 Å². The lowest BCUT2D eigenvalue weighted by atomic mass is 9.82. The number of hydrogen-bond donors (Lipinski definition) is 0. The van der Waals surface area contributed by atoms with E-state index in [1.807, 2.05) is 0 Å². The molecule has 0 fully saturated rings. The van der Waals surface area contributed by atoms with Gasteiger partial charge in [0, 0.05) is 72.5 Å². The van der Waals surface area contributed by atoms with Gasteiger partial charge in [-0.15, -0.1) is 0 Å². The highest BCUT2D eigenvalue weighted by atomic mass is 15.2. The number of para-hydroxylation sites is 2. The van der Waals surface area contributed by atoms with E-state index in [1.165, 1.54) is 88.1 Å². The van der Waals surface area contributed by atoms with Crippen LogP contribution in [0.2, 0.25) is 0 Å². The highest BCUT2D eigenvalue weighted by Gasteiger charge is 2.37. The third kappa shape index (κ3) is 9.23. The maximum absolute atomic E-state index is 2.45. The molecule has 0 atom stereocenters. The molecule has 4 heteroatoms. The minimum atomic E-state index is -0.290. The van der Waals surface area contributed by atoms with Gasteiger partial charge in [0.2, 0.25) is 0 Å². The Bertz CT molecular complexity index is 4030. The number of anilines is 6. The second kappa shape index (κ2) is 19.2. The van der Waals surface area contributed by atoms with Gasteiger partial charge in [-0.05, 0) is 212 Å². The second-order valence-corrected chi connectivity index (χ2v) is 28.1. The zero-order valence-electron chi connectivity index (χ0n) is 51.1. The molecular weight excluding hydrogens is 1000 g/mol. The quantitative estimate of drug-likeness (QED) is 0.151. The van der Waals surface area contributed by atoms with Gasteiger partial charge < -0.3 is 18.9 Å². The lowest BCUT2D eigenvalue weighted by Gasteiger charge is -2.29. The van der Waals surface area contributed by atoms with E-state index in [2.05, 4.69) is 334 Å². The van der Waals surface area contributed by atoms with E-state index in [0.29, 0.717) is 0 Å². The van der Waals surface area contributed by atoms with Gasteiger partial charge in [0.05, 0.1) is 22.1 Å².